The number of hydrogen-bond acceptors (Lipinski definition) is 15. The Balaban J connectivity index is 0.00000348. The van der Waals surface area contributed by atoms with Crippen LogP contribution in [0.5, 0.6) is 0 Å². The number of amides is 1. The summed E-state index contributed by atoms with van der Waals surface area (Å²) in [6.07, 6.45) is -11.3. The molecule has 18 heteroatoms. The minimum absolute atomic E-state index is 0. The van der Waals surface area contributed by atoms with E-state index in [0.717, 1.165) is 11.3 Å². The summed E-state index contributed by atoms with van der Waals surface area (Å²) < 4.78 is 27.7. The SMILES string of the molecule is COCCOC(=O)N[C@@H](c1cccs1)[C@@H](O)C(=O)O[C@H]1C[C@@]2(O)[C@@H](OC(=O)c3ccccc3)[C@@H]3[C@]4(O)CO[C@@H]4C[C@H](O)[C@@]3(C)C(=O)[C@H](O)C(=C1C)C2(C)C.[Ac].[Ac]. The predicted octanol–water partition coefficient (Wildman–Crippen LogP) is 1.60. The van der Waals surface area contributed by atoms with E-state index >= 15 is 0 Å². The van der Waals surface area contributed by atoms with Crippen LogP contribution < -0.4 is 5.32 Å². The molecule has 1 saturated heterocycles. The van der Waals surface area contributed by atoms with Crippen LogP contribution in [0.1, 0.15) is 61.8 Å². The van der Waals surface area contributed by atoms with E-state index in [2.05, 4.69) is 5.32 Å². The van der Waals surface area contributed by atoms with Crippen LogP contribution in [-0.4, -0.2) is 124 Å². The van der Waals surface area contributed by atoms with Crippen molar-refractivity contribution in [1.82, 2.24) is 5.32 Å². The summed E-state index contributed by atoms with van der Waals surface area (Å²) in [4.78, 5) is 55.4. The number of rotatable bonds is 10. The minimum Gasteiger partial charge on any atom is -0.456 e. The average Bonchev–Trinajstić information content (AvgIpc) is 3.67. The Morgan fingerprint density at radius 3 is 2.29 bits per heavy atom. The minimum atomic E-state index is -2.31. The van der Waals surface area contributed by atoms with Crippen molar-refractivity contribution < 1.29 is 157 Å². The Labute approximate surface area is 399 Å². The number of esters is 2. The van der Waals surface area contributed by atoms with Gasteiger partial charge in [-0.15, -0.1) is 11.3 Å². The number of methoxy groups -OCH3 is 1. The van der Waals surface area contributed by atoms with Crippen LogP contribution in [0.2, 0.25) is 0 Å². The van der Waals surface area contributed by atoms with Crippen molar-refractivity contribution in [1.29, 1.82) is 0 Å². The molecule has 2 bridgehead atoms. The number of alkyl carbamates (subject to hydrolysis) is 1. The molecule has 6 N–H and O–H groups in total. The Bertz CT molecular complexity index is 1790. The zero-order chi connectivity index (χ0) is 39.4. The number of thiophene rings is 1. The first-order chi connectivity index (χ1) is 25.4. The number of carbonyl (C=O) groups is 4. The summed E-state index contributed by atoms with van der Waals surface area (Å²) in [5.41, 5.74) is -7.54. The van der Waals surface area contributed by atoms with Gasteiger partial charge in [0.2, 0.25) is 0 Å². The van der Waals surface area contributed by atoms with E-state index in [-0.39, 0.29) is 131 Å². The normalized spacial score (nSPS) is 33.9. The molecule has 2 aromatic rings. The molecule has 1 amide bonds. The first-order valence-corrected chi connectivity index (χ1v) is 18.6. The van der Waals surface area contributed by atoms with Crippen LogP contribution in [0.4, 0.5) is 4.79 Å². The second-order valence-electron chi connectivity index (χ2n) is 15.2. The van der Waals surface area contributed by atoms with Crippen molar-refractivity contribution in [3.05, 3.63) is 69.4 Å². The third-order valence-electron chi connectivity index (χ3n) is 12.1. The Morgan fingerprint density at radius 1 is 1.02 bits per heavy atom. The smallest absolute Gasteiger partial charge is 0.407 e. The second kappa shape index (κ2) is 18.4. The van der Waals surface area contributed by atoms with Crippen LogP contribution >= 0.6 is 11.3 Å². The van der Waals surface area contributed by atoms with Gasteiger partial charge in [-0.05, 0) is 48.6 Å². The van der Waals surface area contributed by atoms with Crippen LogP contribution in [0, 0.1) is 105 Å². The number of fused-ring (bicyclic) bond motifs is 5. The molecule has 1 aromatic heterocycles. The van der Waals surface area contributed by atoms with Crippen LogP contribution in [0.15, 0.2) is 59.0 Å². The zero-order valence-corrected chi connectivity index (χ0v) is 42.1. The molecule has 56 heavy (non-hydrogen) atoms. The fraction of sp³-hybridized carbons (Fsp3) is 0.579. The van der Waals surface area contributed by atoms with Crippen LogP contribution in [0.25, 0.3) is 0 Å². The van der Waals surface area contributed by atoms with Gasteiger partial charge in [0.15, 0.2) is 11.9 Å². The molecule has 1 aliphatic heterocycles. The van der Waals surface area contributed by atoms with Gasteiger partial charge in [0, 0.05) is 124 Å². The summed E-state index contributed by atoms with van der Waals surface area (Å²) in [5.74, 6) is -4.55. The molecule has 15 nitrogen and oxygen atoms in total. The topological polar surface area (TPSA) is 228 Å². The monoisotopic (exact) mass is 1230 g/mol. The predicted molar refractivity (Wildman–Crippen MR) is 189 cm³/mol. The van der Waals surface area contributed by atoms with Gasteiger partial charge in [-0.25, -0.2) is 14.4 Å². The van der Waals surface area contributed by atoms with E-state index in [0.29, 0.717) is 4.88 Å². The van der Waals surface area contributed by atoms with Crippen molar-refractivity contribution in [3.63, 3.8) is 0 Å². The molecule has 4 aliphatic rings. The summed E-state index contributed by atoms with van der Waals surface area (Å²) in [6.45, 7) is 5.67. The van der Waals surface area contributed by atoms with E-state index < -0.39 is 101 Å². The van der Waals surface area contributed by atoms with Gasteiger partial charge >= 0.3 is 18.0 Å². The van der Waals surface area contributed by atoms with E-state index in [9.17, 15) is 44.7 Å². The molecular formula is C38H47Ac2NO14S. The molecule has 300 valence electrons. The molecule has 6 rings (SSSR count). The quantitative estimate of drug-likeness (QED) is 0.0861. The summed E-state index contributed by atoms with van der Waals surface area (Å²) in [7, 11) is 1.43. The third-order valence-corrected chi connectivity index (χ3v) is 13.0. The number of ketones is 1. The first kappa shape index (κ1) is 47.8. The molecule has 0 unspecified atom stereocenters. The summed E-state index contributed by atoms with van der Waals surface area (Å²) in [6, 6.07) is 9.79. The van der Waals surface area contributed by atoms with Gasteiger partial charge in [-0.2, -0.15) is 0 Å². The fourth-order valence-electron chi connectivity index (χ4n) is 8.88. The molecule has 2 saturated carbocycles. The summed E-state index contributed by atoms with van der Waals surface area (Å²) in [5, 5.41) is 64.6. The van der Waals surface area contributed by atoms with Gasteiger partial charge in [0.05, 0.1) is 36.4 Å². The van der Waals surface area contributed by atoms with Crippen molar-refractivity contribution in [2.24, 2.45) is 16.7 Å². The number of Topliss-reactive ketones (excluding diaryl/α,β-unsaturated/α-hetero) is 1. The molecule has 2 heterocycles. The zero-order valence-electron chi connectivity index (χ0n) is 31.7. The Kier molecular flexibility index (Phi) is 15.7. The Hall–Kier alpha value is -0.857. The summed E-state index contributed by atoms with van der Waals surface area (Å²) >= 11 is 1.15. The van der Waals surface area contributed by atoms with Crippen molar-refractivity contribution >= 4 is 35.2 Å². The number of nitrogens with one attached hydrogen (secondary N) is 1. The van der Waals surface area contributed by atoms with Gasteiger partial charge in [-0.1, -0.05) is 38.1 Å². The largest absolute Gasteiger partial charge is 0.456 e. The molecular weight excluding hydrogens is 1180 g/mol. The van der Waals surface area contributed by atoms with E-state index in [1.54, 1.807) is 49.6 Å². The van der Waals surface area contributed by atoms with Gasteiger partial charge in [0.1, 0.15) is 42.2 Å². The number of aliphatic hydroxyl groups is 5. The maximum Gasteiger partial charge on any atom is 0.407 e. The van der Waals surface area contributed by atoms with Crippen LogP contribution in [0.3, 0.4) is 0 Å². The van der Waals surface area contributed by atoms with Crippen molar-refractivity contribution in [3.8, 4) is 0 Å². The van der Waals surface area contributed by atoms with Gasteiger partial charge in [-0.3, -0.25) is 4.79 Å². The van der Waals surface area contributed by atoms with Gasteiger partial charge < -0.3 is 54.5 Å². The molecule has 11 atom stereocenters. The number of aliphatic hydroxyl groups excluding tert-OH is 3. The fourth-order valence-corrected chi connectivity index (χ4v) is 9.69. The van der Waals surface area contributed by atoms with Crippen molar-refractivity contribution in [2.45, 2.75) is 94.4 Å². The molecule has 1 aromatic carbocycles. The second-order valence-corrected chi connectivity index (χ2v) is 16.2. The first-order valence-electron chi connectivity index (χ1n) is 17.7. The van der Waals surface area contributed by atoms with Gasteiger partial charge in [0.25, 0.3) is 0 Å². The maximum absolute atomic E-state index is 14.7. The Morgan fingerprint density at radius 2 is 1.70 bits per heavy atom. The molecule has 0 spiro atoms. The standard InChI is InChI=1S/C38H47NO14S.2Ac/c1-19-21(52-33(45)28(42)26(22-12-9-15-54-22)39-34(46)50-14-13-49-5)17-38(48)31(53-32(44)20-10-7-6-8-11-20)29-36(4,23(40)16-24-37(29,47)18-51-24)30(43)27(41)25(19)35(38,2)3;;/h6-12,15,21,23-24,26-29,31,40-42,47-48H,13-14,16-18H2,1-5H3,(H,39,46);;/t21-,23-,24+,26-,27+,28+,29-,31-,36+,37-,38+;;/m0../s1. The van der Waals surface area contributed by atoms with Crippen LogP contribution in [-0.2, 0) is 33.3 Å². The molecule has 2 radical (unpaired) electrons. The van der Waals surface area contributed by atoms with E-state index in [1.165, 1.54) is 33.1 Å². The number of ether oxygens (including phenoxy) is 5. The maximum atomic E-state index is 14.7. The molecule has 3 aliphatic carbocycles. The number of benzene rings is 1. The number of hydrogen-bond donors (Lipinski definition) is 6. The third kappa shape index (κ3) is 8.15. The average molecular weight is 1230 g/mol. The molecule has 3 fully saturated rings. The van der Waals surface area contributed by atoms with E-state index in [1.807, 2.05) is 0 Å². The van der Waals surface area contributed by atoms with Crippen molar-refractivity contribution in [2.75, 3.05) is 26.9 Å². The number of carbonyl (C=O) groups excluding carboxylic acids is 4. The van der Waals surface area contributed by atoms with E-state index in [4.69, 9.17) is 23.7 Å².